The summed E-state index contributed by atoms with van der Waals surface area (Å²) < 4.78 is 0. The highest BCUT2D eigenvalue weighted by molar-refractivity contribution is 6.05. The fraction of sp³-hybridized carbons (Fsp3) is 0.375. The van der Waals surface area contributed by atoms with E-state index < -0.39 is 0 Å². The fourth-order valence-corrected chi connectivity index (χ4v) is 1.26. The minimum atomic E-state index is 0.905. The lowest BCUT2D eigenvalue weighted by atomic mass is 10.0. The summed E-state index contributed by atoms with van der Waals surface area (Å²) in [6.07, 6.45) is 7.42. The minimum Gasteiger partial charge on any atom is -0.385 e. The second kappa shape index (κ2) is 2.29. The molecule has 52 valence electrons. The van der Waals surface area contributed by atoms with Crippen LogP contribution in [-0.2, 0) is 0 Å². The molecule has 0 spiro atoms. The Kier molecular flexibility index (Phi) is 1.31. The van der Waals surface area contributed by atoms with Crippen LogP contribution in [0.15, 0.2) is 28.9 Å². The highest BCUT2D eigenvalue weighted by Crippen LogP contribution is 2.10. The van der Waals surface area contributed by atoms with Crippen LogP contribution in [0.2, 0.25) is 0 Å². The van der Waals surface area contributed by atoms with Crippen LogP contribution < -0.4 is 5.32 Å². The average molecular weight is 134 g/mol. The van der Waals surface area contributed by atoms with Crippen LogP contribution in [0.1, 0.15) is 6.42 Å². The topological polar surface area (TPSA) is 24.4 Å². The molecule has 0 radical (unpaired) electrons. The Bertz CT molecular complexity index is 223. The predicted octanol–water partition coefficient (Wildman–Crippen LogP) is 0.874. The van der Waals surface area contributed by atoms with Crippen molar-refractivity contribution < 1.29 is 0 Å². The molecule has 0 amide bonds. The van der Waals surface area contributed by atoms with Crippen molar-refractivity contribution in [1.82, 2.24) is 5.32 Å². The standard InChI is InChI=1S/C8H10N2/c1-2-7-3-5-9-6-8(7)10-4-1/h2-3,5,9H,1,4,6H2. The Morgan fingerprint density at radius 3 is 3.40 bits per heavy atom. The number of nitrogens with one attached hydrogen (secondary N) is 1. The van der Waals surface area contributed by atoms with Crippen molar-refractivity contribution in [2.24, 2.45) is 4.99 Å². The molecule has 2 rings (SSSR count). The molecule has 1 N–H and O–H groups in total. The van der Waals surface area contributed by atoms with Crippen molar-refractivity contribution in [2.45, 2.75) is 6.42 Å². The van der Waals surface area contributed by atoms with E-state index in [9.17, 15) is 0 Å². The van der Waals surface area contributed by atoms with Gasteiger partial charge in [0.25, 0.3) is 0 Å². The molecule has 0 atom stereocenters. The summed E-state index contributed by atoms with van der Waals surface area (Å²) >= 11 is 0. The maximum atomic E-state index is 4.39. The summed E-state index contributed by atoms with van der Waals surface area (Å²) in [7, 11) is 0. The molecular weight excluding hydrogens is 124 g/mol. The molecule has 0 saturated heterocycles. The molecule has 0 unspecified atom stereocenters. The number of dihydropyridines is 1. The van der Waals surface area contributed by atoms with Gasteiger partial charge in [-0.15, -0.1) is 0 Å². The zero-order chi connectivity index (χ0) is 6.81. The fourth-order valence-electron chi connectivity index (χ4n) is 1.26. The van der Waals surface area contributed by atoms with Crippen molar-refractivity contribution in [3.05, 3.63) is 23.9 Å². The van der Waals surface area contributed by atoms with Gasteiger partial charge in [-0.1, -0.05) is 6.08 Å². The van der Waals surface area contributed by atoms with Crippen LogP contribution in [0, 0.1) is 0 Å². The monoisotopic (exact) mass is 134 g/mol. The van der Waals surface area contributed by atoms with Crippen molar-refractivity contribution in [1.29, 1.82) is 0 Å². The first kappa shape index (κ1) is 5.71. The van der Waals surface area contributed by atoms with Gasteiger partial charge in [0.05, 0.1) is 12.3 Å². The molecule has 2 aliphatic heterocycles. The number of allylic oxidation sites excluding steroid dienone is 1. The van der Waals surface area contributed by atoms with Gasteiger partial charge in [0.1, 0.15) is 0 Å². The molecule has 2 heterocycles. The van der Waals surface area contributed by atoms with E-state index in [1.165, 1.54) is 11.3 Å². The Labute approximate surface area is 60.3 Å². The lowest BCUT2D eigenvalue weighted by molar-refractivity contribution is 0.928. The number of fused-ring (bicyclic) bond motifs is 1. The van der Waals surface area contributed by atoms with Crippen molar-refractivity contribution in [2.75, 3.05) is 13.1 Å². The van der Waals surface area contributed by atoms with E-state index in [-0.39, 0.29) is 0 Å². The van der Waals surface area contributed by atoms with Gasteiger partial charge in [0.2, 0.25) is 0 Å². The van der Waals surface area contributed by atoms with E-state index in [1.807, 2.05) is 6.20 Å². The molecule has 0 aromatic heterocycles. The van der Waals surface area contributed by atoms with Gasteiger partial charge in [-0.3, -0.25) is 4.99 Å². The summed E-state index contributed by atoms with van der Waals surface area (Å²) in [6.45, 7) is 1.87. The zero-order valence-electron chi connectivity index (χ0n) is 5.80. The summed E-state index contributed by atoms with van der Waals surface area (Å²) in [5, 5.41) is 3.13. The summed E-state index contributed by atoms with van der Waals surface area (Å²) in [5.41, 5.74) is 2.53. The molecular formula is C8H10N2. The molecule has 2 aliphatic rings. The van der Waals surface area contributed by atoms with Gasteiger partial charge in [0.15, 0.2) is 0 Å². The molecule has 0 fully saturated rings. The third kappa shape index (κ3) is 0.856. The molecule has 0 aromatic carbocycles. The maximum Gasteiger partial charge on any atom is 0.0608 e. The van der Waals surface area contributed by atoms with Gasteiger partial charge in [-0.25, -0.2) is 0 Å². The number of rotatable bonds is 0. The first-order valence-electron chi connectivity index (χ1n) is 3.60. The predicted molar refractivity (Wildman–Crippen MR) is 42.1 cm³/mol. The first-order valence-corrected chi connectivity index (χ1v) is 3.60. The van der Waals surface area contributed by atoms with Crippen molar-refractivity contribution >= 4 is 5.71 Å². The smallest absolute Gasteiger partial charge is 0.0608 e. The van der Waals surface area contributed by atoms with Crippen LogP contribution in [0.4, 0.5) is 0 Å². The molecule has 2 nitrogen and oxygen atoms in total. The van der Waals surface area contributed by atoms with Gasteiger partial charge in [-0.2, -0.15) is 0 Å². The largest absolute Gasteiger partial charge is 0.385 e. The highest BCUT2D eigenvalue weighted by Gasteiger charge is 2.09. The molecule has 0 aliphatic carbocycles. The van der Waals surface area contributed by atoms with Crippen LogP contribution in [0.5, 0.6) is 0 Å². The average Bonchev–Trinajstić information content (AvgIpc) is 2.05. The highest BCUT2D eigenvalue weighted by atomic mass is 14.9. The summed E-state index contributed by atoms with van der Waals surface area (Å²) in [4.78, 5) is 4.39. The number of hydrogen-bond donors (Lipinski definition) is 1. The van der Waals surface area contributed by atoms with Gasteiger partial charge in [-0.05, 0) is 24.3 Å². The number of hydrogen-bond acceptors (Lipinski definition) is 2. The molecule has 0 saturated carbocycles. The SMILES string of the molecule is C1=CC2=CCCN=C2CN1. The Morgan fingerprint density at radius 1 is 1.50 bits per heavy atom. The van der Waals surface area contributed by atoms with E-state index in [0.29, 0.717) is 0 Å². The lowest BCUT2D eigenvalue weighted by Gasteiger charge is -2.16. The normalized spacial score (nSPS) is 22.4. The zero-order valence-corrected chi connectivity index (χ0v) is 5.80. The van der Waals surface area contributed by atoms with Crippen LogP contribution >= 0.6 is 0 Å². The third-order valence-corrected chi connectivity index (χ3v) is 1.78. The third-order valence-electron chi connectivity index (χ3n) is 1.78. The first-order chi connectivity index (χ1) is 4.97. The molecule has 2 heteroatoms. The number of nitrogens with zero attached hydrogens (tertiary/aromatic N) is 1. The number of aliphatic imine (C=N–C) groups is 1. The van der Waals surface area contributed by atoms with Crippen molar-refractivity contribution in [3.8, 4) is 0 Å². The van der Waals surface area contributed by atoms with E-state index >= 15 is 0 Å². The van der Waals surface area contributed by atoms with E-state index in [2.05, 4.69) is 22.5 Å². The Morgan fingerprint density at radius 2 is 2.50 bits per heavy atom. The lowest BCUT2D eigenvalue weighted by Crippen LogP contribution is -2.25. The molecule has 10 heavy (non-hydrogen) atoms. The van der Waals surface area contributed by atoms with Gasteiger partial charge >= 0.3 is 0 Å². The summed E-state index contributed by atoms with van der Waals surface area (Å²) in [6, 6.07) is 0. The van der Waals surface area contributed by atoms with Crippen LogP contribution in [-0.4, -0.2) is 18.8 Å². The molecule has 0 bridgehead atoms. The quantitative estimate of drug-likeness (QED) is 0.522. The van der Waals surface area contributed by atoms with E-state index in [1.54, 1.807) is 0 Å². The van der Waals surface area contributed by atoms with Crippen LogP contribution in [0.3, 0.4) is 0 Å². The maximum absolute atomic E-state index is 4.39. The summed E-state index contributed by atoms with van der Waals surface area (Å²) in [5.74, 6) is 0. The second-order valence-electron chi connectivity index (χ2n) is 2.49. The van der Waals surface area contributed by atoms with Gasteiger partial charge < -0.3 is 5.32 Å². The van der Waals surface area contributed by atoms with Crippen LogP contribution in [0.25, 0.3) is 0 Å². The minimum absolute atomic E-state index is 0.905. The molecule has 0 aromatic rings. The van der Waals surface area contributed by atoms with Crippen molar-refractivity contribution in [3.63, 3.8) is 0 Å². The van der Waals surface area contributed by atoms with E-state index in [4.69, 9.17) is 0 Å². The Balaban J connectivity index is 2.33. The Hall–Kier alpha value is -1.05. The second-order valence-corrected chi connectivity index (χ2v) is 2.49. The van der Waals surface area contributed by atoms with Gasteiger partial charge in [0, 0.05) is 6.54 Å². The van der Waals surface area contributed by atoms with E-state index in [0.717, 1.165) is 19.5 Å².